The third kappa shape index (κ3) is 15.3. The average molecular weight is 667 g/mol. The third-order valence-electron chi connectivity index (χ3n) is 5.57. The molecule has 1 spiro atoms. The molecular formula is C24H26F9N5O7. The van der Waals surface area contributed by atoms with Gasteiger partial charge in [0, 0.05) is 38.1 Å². The highest BCUT2D eigenvalue weighted by Gasteiger charge is 2.44. The maximum atomic E-state index is 10.6. The van der Waals surface area contributed by atoms with Gasteiger partial charge in [-0.3, -0.25) is 9.88 Å². The molecule has 0 bridgehead atoms. The molecule has 2 atom stereocenters. The molecule has 2 aromatic rings. The summed E-state index contributed by atoms with van der Waals surface area (Å²) in [6, 6.07) is 8.21. The Morgan fingerprint density at radius 2 is 1.33 bits per heavy atom. The van der Waals surface area contributed by atoms with Crippen LogP contribution >= 0.6 is 0 Å². The highest BCUT2D eigenvalue weighted by atomic mass is 19.4. The molecule has 4 heterocycles. The van der Waals surface area contributed by atoms with Gasteiger partial charge in [0.25, 0.3) is 0 Å². The van der Waals surface area contributed by atoms with Gasteiger partial charge in [0.2, 0.25) is 5.95 Å². The van der Waals surface area contributed by atoms with Crippen molar-refractivity contribution in [2.24, 2.45) is 0 Å². The molecule has 45 heavy (non-hydrogen) atoms. The van der Waals surface area contributed by atoms with E-state index in [0.29, 0.717) is 5.95 Å². The summed E-state index contributed by atoms with van der Waals surface area (Å²) in [5.41, 5.74) is 1.08. The minimum Gasteiger partial charge on any atom is -0.475 e. The van der Waals surface area contributed by atoms with Gasteiger partial charge >= 0.3 is 36.4 Å². The van der Waals surface area contributed by atoms with E-state index in [-0.39, 0.29) is 11.6 Å². The Kier molecular flexibility index (Phi) is 14.4. The van der Waals surface area contributed by atoms with Crippen LogP contribution in [0.3, 0.4) is 0 Å². The average Bonchev–Trinajstić information content (AvgIpc) is 3.30. The molecule has 12 nitrogen and oxygen atoms in total. The van der Waals surface area contributed by atoms with E-state index < -0.39 is 36.4 Å². The SMILES string of the molecule is O=C(O)C(F)(F)F.O=C(O)C(F)(F)F.O=C(O)C(F)(F)F.c1ccc(CN2CCCC3(CC(Nc4ncccn4)CO3)C2)nc1. The lowest BCUT2D eigenvalue weighted by atomic mass is 9.88. The lowest BCUT2D eigenvalue weighted by Gasteiger charge is -2.39. The Balaban J connectivity index is 0.000000396. The molecule has 0 amide bonds. The van der Waals surface area contributed by atoms with E-state index >= 15 is 0 Å². The van der Waals surface area contributed by atoms with Crippen molar-refractivity contribution in [1.82, 2.24) is 19.9 Å². The Labute approximate surface area is 247 Å². The van der Waals surface area contributed by atoms with Crippen molar-refractivity contribution < 1.29 is 74.0 Å². The van der Waals surface area contributed by atoms with Gasteiger partial charge in [-0.2, -0.15) is 39.5 Å². The second-order valence-corrected chi connectivity index (χ2v) is 9.16. The molecule has 0 aromatic carbocycles. The fraction of sp³-hybridized carbons (Fsp3) is 0.500. The number of nitrogens with one attached hydrogen (secondary N) is 1. The lowest BCUT2D eigenvalue weighted by molar-refractivity contribution is -0.193. The van der Waals surface area contributed by atoms with Crippen LogP contribution in [0.2, 0.25) is 0 Å². The van der Waals surface area contributed by atoms with Crippen molar-refractivity contribution in [2.45, 2.75) is 56.0 Å². The van der Waals surface area contributed by atoms with Crippen molar-refractivity contribution in [3.63, 3.8) is 0 Å². The number of rotatable bonds is 4. The fourth-order valence-electron chi connectivity index (χ4n) is 3.82. The number of halogens is 9. The smallest absolute Gasteiger partial charge is 0.475 e. The van der Waals surface area contributed by atoms with Gasteiger partial charge in [0.05, 0.1) is 23.9 Å². The van der Waals surface area contributed by atoms with Crippen molar-refractivity contribution in [3.05, 3.63) is 48.5 Å². The molecule has 0 saturated carbocycles. The summed E-state index contributed by atoms with van der Waals surface area (Å²) < 4.78 is 101. The quantitative estimate of drug-likeness (QED) is 0.346. The molecule has 2 aliphatic heterocycles. The zero-order chi connectivity index (χ0) is 34.5. The van der Waals surface area contributed by atoms with Gasteiger partial charge in [0.15, 0.2) is 0 Å². The number of hydrogen-bond acceptors (Lipinski definition) is 9. The molecule has 2 aromatic heterocycles. The normalized spacial score (nSPS) is 19.9. The van der Waals surface area contributed by atoms with Crippen molar-refractivity contribution in [3.8, 4) is 0 Å². The van der Waals surface area contributed by atoms with Gasteiger partial charge in [-0.25, -0.2) is 24.4 Å². The number of pyridine rings is 1. The van der Waals surface area contributed by atoms with Crippen LogP contribution in [-0.2, 0) is 25.7 Å². The van der Waals surface area contributed by atoms with Crippen molar-refractivity contribution in [1.29, 1.82) is 0 Å². The van der Waals surface area contributed by atoms with Crippen LogP contribution in [0, 0.1) is 0 Å². The maximum absolute atomic E-state index is 10.6. The highest BCUT2D eigenvalue weighted by Crippen LogP contribution is 2.35. The van der Waals surface area contributed by atoms with E-state index in [4.69, 9.17) is 34.4 Å². The van der Waals surface area contributed by atoms with Crippen molar-refractivity contribution >= 4 is 23.9 Å². The molecule has 2 fully saturated rings. The highest BCUT2D eigenvalue weighted by molar-refractivity contribution is 5.73. The van der Waals surface area contributed by atoms with E-state index in [1.54, 1.807) is 12.4 Å². The fourth-order valence-corrected chi connectivity index (χ4v) is 3.82. The number of aliphatic carboxylic acids is 3. The number of aromatic nitrogens is 3. The van der Waals surface area contributed by atoms with Crippen LogP contribution in [0.15, 0.2) is 42.9 Å². The number of carboxylic acids is 3. The monoisotopic (exact) mass is 667 g/mol. The Morgan fingerprint density at radius 1 is 0.844 bits per heavy atom. The van der Waals surface area contributed by atoms with Gasteiger partial charge in [-0.1, -0.05) is 6.07 Å². The zero-order valence-corrected chi connectivity index (χ0v) is 22.7. The molecule has 21 heteroatoms. The minimum absolute atomic E-state index is 0.0422. The number of hydrogen-bond donors (Lipinski definition) is 4. The van der Waals surface area contributed by atoms with Crippen LogP contribution in [0.4, 0.5) is 45.5 Å². The second-order valence-electron chi connectivity index (χ2n) is 9.16. The molecule has 4 rings (SSSR count). The van der Waals surface area contributed by atoms with Crippen LogP contribution in [0.25, 0.3) is 0 Å². The molecular weight excluding hydrogens is 641 g/mol. The first kappa shape index (κ1) is 38.8. The summed E-state index contributed by atoms with van der Waals surface area (Å²) in [6.45, 7) is 3.69. The topological polar surface area (TPSA) is 175 Å². The van der Waals surface area contributed by atoms with E-state index in [1.165, 1.54) is 6.42 Å². The summed E-state index contributed by atoms with van der Waals surface area (Å²) in [6.07, 6.45) is -6.57. The second kappa shape index (κ2) is 16.7. The minimum atomic E-state index is -5.08. The van der Waals surface area contributed by atoms with Gasteiger partial charge < -0.3 is 25.4 Å². The van der Waals surface area contributed by atoms with Gasteiger partial charge in [-0.15, -0.1) is 0 Å². The summed E-state index contributed by atoms with van der Waals surface area (Å²) in [7, 11) is 0. The number of ether oxygens (including phenoxy) is 1. The summed E-state index contributed by atoms with van der Waals surface area (Å²) >= 11 is 0. The Bertz CT molecular complexity index is 1160. The van der Waals surface area contributed by atoms with Crippen LogP contribution in [-0.4, -0.2) is 103 Å². The first-order valence-corrected chi connectivity index (χ1v) is 12.3. The predicted octanol–water partition coefficient (Wildman–Crippen LogP) is 4.01. The third-order valence-corrected chi connectivity index (χ3v) is 5.57. The molecule has 4 N–H and O–H groups in total. The molecule has 0 radical (unpaired) electrons. The number of alkyl halides is 9. The van der Waals surface area contributed by atoms with E-state index in [2.05, 4.69) is 31.2 Å². The Morgan fingerprint density at radius 3 is 1.78 bits per heavy atom. The van der Waals surface area contributed by atoms with Crippen LogP contribution in [0.1, 0.15) is 25.0 Å². The van der Waals surface area contributed by atoms with E-state index in [0.717, 1.165) is 44.8 Å². The number of piperidine rings is 1. The summed E-state index contributed by atoms with van der Waals surface area (Å²) in [5.74, 6) is -7.59. The Hall–Kier alpha value is -4.27. The zero-order valence-electron chi connectivity index (χ0n) is 22.7. The molecule has 0 aliphatic carbocycles. The number of carboxylic acid groups (broad SMARTS) is 3. The molecule has 2 unspecified atom stereocenters. The summed E-state index contributed by atoms with van der Waals surface area (Å²) in [5, 5.41) is 24.8. The van der Waals surface area contributed by atoms with Gasteiger partial charge in [0.1, 0.15) is 0 Å². The van der Waals surface area contributed by atoms with Crippen LogP contribution in [0.5, 0.6) is 0 Å². The number of anilines is 1. The number of nitrogens with zero attached hydrogens (tertiary/aromatic N) is 4. The van der Waals surface area contributed by atoms with E-state index in [9.17, 15) is 39.5 Å². The van der Waals surface area contributed by atoms with Crippen LogP contribution < -0.4 is 5.32 Å². The maximum Gasteiger partial charge on any atom is 0.490 e. The lowest BCUT2D eigenvalue weighted by Crippen LogP contribution is -2.47. The molecule has 252 valence electrons. The molecule has 2 saturated heterocycles. The first-order chi connectivity index (χ1) is 20.6. The summed E-state index contributed by atoms with van der Waals surface area (Å²) in [4.78, 5) is 42.1. The van der Waals surface area contributed by atoms with Crippen molar-refractivity contribution in [2.75, 3.05) is 25.0 Å². The molecule has 2 aliphatic rings. The number of carbonyl (C=O) groups is 3. The predicted molar refractivity (Wildman–Crippen MR) is 133 cm³/mol. The number of likely N-dealkylation sites (tertiary alicyclic amines) is 1. The largest absolute Gasteiger partial charge is 0.490 e. The first-order valence-electron chi connectivity index (χ1n) is 12.3. The standard InChI is InChI=1S/C18H23N5O.3C2HF3O2/c1-2-7-19-15(5-1)12-23-10-3-6-18(14-23)11-16(13-24-18)22-17-20-8-4-9-21-17;3*3-2(4,5)1(6)7/h1-2,4-5,7-9,16H,3,6,10-14H2,(H,20,21,22);3*(H,6,7). The van der Waals surface area contributed by atoms with Gasteiger partial charge in [-0.05, 0) is 37.6 Å². The van der Waals surface area contributed by atoms with E-state index in [1.807, 2.05) is 24.4 Å².